The molecule has 2 rings (SSSR count). The summed E-state index contributed by atoms with van der Waals surface area (Å²) in [5.74, 6) is 0. The summed E-state index contributed by atoms with van der Waals surface area (Å²) >= 11 is 0. The summed E-state index contributed by atoms with van der Waals surface area (Å²) in [7, 11) is 0. The van der Waals surface area contributed by atoms with Crippen molar-refractivity contribution in [3.05, 3.63) is 35.9 Å². The van der Waals surface area contributed by atoms with Crippen LogP contribution >= 0.6 is 0 Å². The third-order valence-corrected chi connectivity index (χ3v) is 5.19. The van der Waals surface area contributed by atoms with Gasteiger partial charge in [-0.3, -0.25) is 0 Å². The molecule has 1 saturated carbocycles. The largest absolute Gasteiger partial charge is 0.309 e. The molecule has 0 spiro atoms. The molecule has 1 aromatic carbocycles. The van der Waals surface area contributed by atoms with E-state index in [0.717, 1.165) is 0 Å². The van der Waals surface area contributed by atoms with Gasteiger partial charge in [0.2, 0.25) is 0 Å². The molecule has 1 N–H and O–H groups in total. The molecule has 20 heavy (non-hydrogen) atoms. The van der Waals surface area contributed by atoms with E-state index in [1.165, 1.54) is 63.5 Å². The maximum atomic E-state index is 3.90. The molecule has 1 aliphatic carbocycles. The second-order valence-electron chi connectivity index (χ2n) is 6.55. The van der Waals surface area contributed by atoms with E-state index in [9.17, 15) is 0 Å². The first-order valence-corrected chi connectivity index (χ1v) is 8.58. The fraction of sp³-hybridized carbons (Fsp3) is 0.684. The zero-order valence-electron chi connectivity index (χ0n) is 13.3. The predicted octanol–water partition coefficient (Wildman–Crippen LogP) is 5.48. The van der Waals surface area contributed by atoms with Crippen molar-refractivity contribution < 1.29 is 0 Å². The van der Waals surface area contributed by atoms with Crippen LogP contribution in [-0.4, -0.2) is 6.54 Å². The highest BCUT2D eigenvalue weighted by Crippen LogP contribution is 2.40. The van der Waals surface area contributed by atoms with E-state index >= 15 is 0 Å². The third kappa shape index (κ3) is 4.09. The average Bonchev–Trinajstić information content (AvgIpc) is 2.98. The number of benzene rings is 1. The highest BCUT2D eigenvalue weighted by atomic mass is 14.9. The van der Waals surface area contributed by atoms with Gasteiger partial charge in [-0.05, 0) is 36.7 Å². The van der Waals surface area contributed by atoms with Gasteiger partial charge < -0.3 is 5.32 Å². The maximum absolute atomic E-state index is 3.90. The topological polar surface area (TPSA) is 12.0 Å². The summed E-state index contributed by atoms with van der Waals surface area (Å²) in [4.78, 5) is 0. The number of hydrogen-bond donors (Lipinski definition) is 1. The minimum Gasteiger partial charge on any atom is -0.309 e. The van der Waals surface area contributed by atoms with Crippen molar-refractivity contribution in [3.8, 4) is 0 Å². The molecule has 1 aliphatic rings. The molecule has 1 heteroatoms. The molecule has 1 atom stereocenters. The number of nitrogens with one attached hydrogen (secondary N) is 1. The van der Waals surface area contributed by atoms with Crippen LogP contribution < -0.4 is 5.32 Å². The van der Waals surface area contributed by atoms with E-state index in [1.807, 2.05) is 0 Å². The standard InChI is InChI=1S/C19H31N/c1-3-5-13-18(17-11-7-6-8-12-17)20-16-19(4-2)14-9-10-15-19/h6-8,11-12,18,20H,3-5,9-10,13-16H2,1-2H3. The Hall–Kier alpha value is -0.820. The molecular formula is C19H31N. The van der Waals surface area contributed by atoms with Gasteiger partial charge in [-0.2, -0.15) is 0 Å². The minimum absolute atomic E-state index is 0.542. The molecule has 0 aliphatic heterocycles. The fourth-order valence-corrected chi connectivity index (χ4v) is 3.60. The van der Waals surface area contributed by atoms with Crippen molar-refractivity contribution in [2.75, 3.05) is 6.54 Å². The molecule has 1 unspecified atom stereocenters. The van der Waals surface area contributed by atoms with E-state index in [0.29, 0.717) is 11.5 Å². The molecule has 0 radical (unpaired) electrons. The molecular weight excluding hydrogens is 242 g/mol. The highest BCUT2D eigenvalue weighted by molar-refractivity contribution is 5.18. The summed E-state index contributed by atoms with van der Waals surface area (Å²) in [6.45, 7) is 5.86. The van der Waals surface area contributed by atoms with Gasteiger partial charge in [-0.25, -0.2) is 0 Å². The van der Waals surface area contributed by atoms with Crippen molar-refractivity contribution in [2.45, 2.75) is 71.3 Å². The monoisotopic (exact) mass is 273 g/mol. The number of hydrogen-bond acceptors (Lipinski definition) is 1. The summed E-state index contributed by atoms with van der Waals surface area (Å²) in [5, 5.41) is 3.90. The van der Waals surface area contributed by atoms with Crippen LogP contribution in [0, 0.1) is 5.41 Å². The van der Waals surface area contributed by atoms with Crippen LogP contribution in [0.1, 0.15) is 76.8 Å². The Morgan fingerprint density at radius 2 is 1.80 bits per heavy atom. The zero-order chi connectivity index (χ0) is 14.3. The number of unbranched alkanes of at least 4 members (excludes halogenated alkanes) is 1. The second kappa shape index (κ2) is 7.83. The fourth-order valence-electron chi connectivity index (χ4n) is 3.60. The smallest absolute Gasteiger partial charge is 0.0320 e. The predicted molar refractivity (Wildman–Crippen MR) is 87.9 cm³/mol. The van der Waals surface area contributed by atoms with Crippen molar-refractivity contribution in [1.29, 1.82) is 0 Å². The lowest BCUT2D eigenvalue weighted by Crippen LogP contribution is -2.34. The first-order valence-electron chi connectivity index (χ1n) is 8.58. The van der Waals surface area contributed by atoms with E-state index in [4.69, 9.17) is 0 Å². The van der Waals surface area contributed by atoms with Gasteiger partial charge in [-0.15, -0.1) is 0 Å². The quantitative estimate of drug-likeness (QED) is 0.661. The van der Waals surface area contributed by atoms with E-state index in [-0.39, 0.29) is 0 Å². The highest BCUT2D eigenvalue weighted by Gasteiger charge is 2.32. The van der Waals surface area contributed by atoms with E-state index < -0.39 is 0 Å². The van der Waals surface area contributed by atoms with Crippen LogP contribution in [0.25, 0.3) is 0 Å². The van der Waals surface area contributed by atoms with E-state index in [1.54, 1.807) is 0 Å². The Balaban J connectivity index is 1.97. The number of rotatable bonds is 8. The molecule has 1 fully saturated rings. The van der Waals surface area contributed by atoms with Gasteiger partial charge >= 0.3 is 0 Å². The molecule has 0 heterocycles. The average molecular weight is 273 g/mol. The van der Waals surface area contributed by atoms with Crippen LogP contribution in [0.5, 0.6) is 0 Å². The molecule has 0 saturated heterocycles. The summed E-state index contributed by atoms with van der Waals surface area (Å²) in [6.07, 6.45) is 10.9. The van der Waals surface area contributed by atoms with Crippen LogP contribution in [-0.2, 0) is 0 Å². The Morgan fingerprint density at radius 1 is 1.10 bits per heavy atom. The second-order valence-corrected chi connectivity index (χ2v) is 6.55. The minimum atomic E-state index is 0.542. The van der Waals surface area contributed by atoms with Crippen LogP contribution in [0.4, 0.5) is 0 Å². The summed E-state index contributed by atoms with van der Waals surface area (Å²) in [6, 6.07) is 11.6. The van der Waals surface area contributed by atoms with Gasteiger partial charge in [0.1, 0.15) is 0 Å². The third-order valence-electron chi connectivity index (χ3n) is 5.19. The summed E-state index contributed by atoms with van der Waals surface area (Å²) < 4.78 is 0. The van der Waals surface area contributed by atoms with Crippen LogP contribution in [0.3, 0.4) is 0 Å². The van der Waals surface area contributed by atoms with E-state index in [2.05, 4.69) is 49.5 Å². The van der Waals surface area contributed by atoms with Gasteiger partial charge in [0.05, 0.1) is 0 Å². The molecule has 112 valence electrons. The van der Waals surface area contributed by atoms with Crippen molar-refractivity contribution in [2.24, 2.45) is 5.41 Å². The van der Waals surface area contributed by atoms with Gasteiger partial charge in [0.15, 0.2) is 0 Å². The van der Waals surface area contributed by atoms with Crippen LogP contribution in [0.2, 0.25) is 0 Å². The lowest BCUT2D eigenvalue weighted by molar-refractivity contribution is 0.252. The Bertz CT molecular complexity index is 365. The zero-order valence-corrected chi connectivity index (χ0v) is 13.3. The Labute approximate surface area is 125 Å². The lowest BCUT2D eigenvalue weighted by atomic mass is 9.83. The summed E-state index contributed by atoms with van der Waals surface area (Å²) in [5.41, 5.74) is 2.05. The maximum Gasteiger partial charge on any atom is 0.0320 e. The van der Waals surface area contributed by atoms with Gasteiger partial charge in [0, 0.05) is 12.6 Å². The van der Waals surface area contributed by atoms with Crippen molar-refractivity contribution in [3.63, 3.8) is 0 Å². The molecule has 0 bridgehead atoms. The lowest BCUT2D eigenvalue weighted by Gasteiger charge is -2.31. The molecule has 1 aromatic rings. The van der Waals surface area contributed by atoms with Crippen molar-refractivity contribution >= 4 is 0 Å². The van der Waals surface area contributed by atoms with Crippen molar-refractivity contribution in [1.82, 2.24) is 5.32 Å². The van der Waals surface area contributed by atoms with Gasteiger partial charge in [0.25, 0.3) is 0 Å². The first kappa shape index (κ1) is 15.6. The Kier molecular flexibility index (Phi) is 6.09. The normalized spacial score (nSPS) is 19.1. The molecule has 0 amide bonds. The Morgan fingerprint density at radius 3 is 2.40 bits per heavy atom. The first-order chi connectivity index (χ1) is 9.79. The SMILES string of the molecule is CCCCC(NCC1(CC)CCCC1)c1ccccc1. The molecule has 1 nitrogen and oxygen atoms in total. The molecule has 0 aromatic heterocycles. The van der Waals surface area contributed by atoms with Gasteiger partial charge in [-0.1, -0.05) is 69.9 Å². The van der Waals surface area contributed by atoms with Crippen LogP contribution in [0.15, 0.2) is 30.3 Å².